The van der Waals surface area contributed by atoms with Crippen molar-refractivity contribution in [2.75, 3.05) is 24.8 Å². The predicted octanol–water partition coefficient (Wildman–Crippen LogP) is 2.36. The Labute approximate surface area is 164 Å². The number of amides is 1. The molecule has 2 aromatic carbocycles. The zero-order valence-electron chi connectivity index (χ0n) is 15.8. The van der Waals surface area contributed by atoms with Crippen LogP contribution in [0.2, 0.25) is 0 Å². The van der Waals surface area contributed by atoms with Gasteiger partial charge in [0.2, 0.25) is 22.7 Å². The number of carbonyl (C=O) groups excluding carboxylic acids is 1. The van der Waals surface area contributed by atoms with Crippen molar-refractivity contribution in [2.24, 2.45) is 5.92 Å². The first-order valence-electron chi connectivity index (χ1n) is 9.10. The lowest BCUT2D eigenvalue weighted by Gasteiger charge is -2.17. The van der Waals surface area contributed by atoms with Crippen molar-refractivity contribution >= 4 is 21.6 Å². The van der Waals surface area contributed by atoms with Gasteiger partial charge in [0.25, 0.3) is 0 Å². The van der Waals surface area contributed by atoms with Gasteiger partial charge >= 0.3 is 0 Å². The maximum atomic E-state index is 12.7. The Morgan fingerprint density at radius 3 is 2.71 bits per heavy atom. The van der Waals surface area contributed by atoms with Crippen LogP contribution in [0.1, 0.15) is 17.5 Å². The number of ether oxygens (including phenoxy) is 2. The van der Waals surface area contributed by atoms with Crippen LogP contribution in [0.15, 0.2) is 41.3 Å². The number of carbonyl (C=O) groups is 1. The van der Waals surface area contributed by atoms with Crippen LogP contribution < -0.4 is 19.1 Å². The van der Waals surface area contributed by atoms with Crippen LogP contribution in [-0.4, -0.2) is 34.2 Å². The van der Waals surface area contributed by atoms with Crippen molar-refractivity contribution in [1.29, 1.82) is 0 Å². The quantitative estimate of drug-likeness (QED) is 0.830. The molecule has 1 N–H and O–H groups in total. The number of nitrogens with zero attached hydrogens (tertiary/aromatic N) is 1. The fourth-order valence-electron chi connectivity index (χ4n) is 3.52. The average Bonchev–Trinajstić information content (AvgIpc) is 3.27. The zero-order chi connectivity index (χ0) is 19.9. The number of benzene rings is 2. The molecule has 28 heavy (non-hydrogen) atoms. The van der Waals surface area contributed by atoms with Crippen LogP contribution in [0.4, 0.5) is 5.69 Å². The van der Waals surface area contributed by atoms with E-state index in [1.54, 1.807) is 36.1 Å². The number of aryl methyl sites for hydroxylation is 2. The van der Waals surface area contributed by atoms with E-state index in [4.69, 9.17) is 9.47 Å². The van der Waals surface area contributed by atoms with Crippen LogP contribution in [0, 0.1) is 19.8 Å². The first-order chi connectivity index (χ1) is 13.3. The summed E-state index contributed by atoms with van der Waals surface area (Å²) in [5.74, 6) is 1.14. The minimum absolute atomic E-state index is 0.0326. The molecule has 0 saturated carbocycles. The molecule has 0 aromatic heterocycles. The van der Waals surface area contributed by atoms with Crippen LogP contribution in [0.5, 0.6) is 11.5 Å². The summed E-state index contributed by atoms with van der Waals surface area (Å²) in [6.07, 6.45) is 0.295. The topological polar surface area (TPSA) is 84.9 Å². The molecule has 148 valence electrons. The summed E-state index contributed by atoms with van der Waals surface area (Å²) < 4.78 is 38.7. The number of rotatable bonds is 5. The van der Waals surface area contributed by atoms with E-state index in [-0.39, 0.29) is 30.1 Å². The molecular weight excluding hydrogens is 380 g/mol. The number of anilines is 1. The highest BCUT2D eigenvalue weighted by Gasteiger charge is 2.32. The van der Waals surface area contributed by atoms with Gasteiger partial charge in [-0.2, -0.15) is 0 Å². The highest BCUT2D eigenvalue weighted by Crippen LogP contribution is 2.37. The van der Waals surface area contributed by atoms with E-state index in [0.29, 0.717) is 30.0 Å². The molecule has 1 atom stereocenters. The lowest BCUT2D eigenvalue weighted by Crippen LogP contribution is -2.31. The molecule has 0 aliphatic carbocycles. The molecule has 1 amide bonds. The normalized spacial score (nSPS) is 18.7. The summed E-state index contributed by atoms with van der Waals surface area (Å²) in [6.45, 7) is 4.47. The SMILES string of the molecule is Cc1ccc(C)c(S(=O)(=O)NC[C@@H]2CC(=O)N(c3ccc4c(c3)OCO4)C2)c1. The van der Waals surface area contributed by atoms with Gasteiger partial charge in [-0.1, -0.05) is 12.1 Å². The monoisotopic (exact) mass is 402 g/mol. The van der Waals surface area contributed by atoms with Gasteiger partial charge in [-0.25, -0.2) is 13.1 Å². The van der Waals surface area contributed by atoms with Crippen molar-refractivity contribution in [3.8, 4) is 11.5 Å². The first-order valence-corrected chi connectivity index (χ1v) is 10.6. The van der Waals surface area contributed by atoms with E-state index >= 15 is 0 Å². The van der Waals surface area contributed by atoms with Gasteiger partial charge in [-0.3, -0.25) is 4.79 Å². The van der Waals surface area contributed by atoms with Gasteiger partial charge in [0.1, 0.15) is 0 Å². The molecule has 2 aliphatic rings. The summed E-state index contributed by atoms with van der Waals surface area (Å²) in [6, 6.07) is 10.7. The van der Waals surface area contributed by atoms with Crippen LogP contribution in [-0.2, 0) is 14.8 Å². The van der Waals surface area contributed by atoms with Crippen molar-refractivity contribution in [3.63, 3.8) is 0 Å². The van der Waals surface area contributed by atoms with Gasteiger partial charge in [0.15, 0.2) is 11.5 Å². The fourth-order valence-corrected chi connectivity index (χ4v) is 4.97. The molecule has 2 aromatic rings. The summed E-state index contributed by atoms with van der Waals surface area (Å²) in [5, 5.41) is 0. The maximum absolute atomic E-state index is 12.7. The number of hydrogen-bond donors (Lipinski definition) is 1. The Balaban J connectivity index is 1.44. The van der Waals surface area contributed by atoms with E-state index in [1.807, 2.05) is 19.1 Å². The third kappa shape index (κ3) is 3.57. The van der Waals surface area contributed by atoms with Gasteiger partial charge in [0.05, 0.1) is 4.90 Å². The van der Waals surface area contributed by atoms with Gasteiger partial charge in [-0.05, 0) is 49.1 Å². The van der Waals surface area contributed by atoms with Gasteiger partial charge in [0, 0.05) is 31.3 Å². The van der Waals surface area contributed by atoms with E-state index in [1.165, 1.54) is 0 Å². The smallest absolute Gasteiger partial charge is 0.240 e. The van der Waals surface area contributed by atoms with Crippen molar-refractivity contribution < 1.29 is 22.7 Å². The van der Waals surface area contributed by atoms with Crippen LogP contribution >= 0.6 is 0 Å². The van der Waals surface area contributed by atoms with E-state index in [9.17, 15) is 13.2 Å². The summed E-state index contributed by atoms with van der Waals surface area (Å²) >= 11 is 0. The molecule has 2 aliphatic heterocycles. The largest absolute Gasteiger partial charge is 0.454 e. The summed E-state index contributed by atoms with van der Waals surface area (Å²) in [4.78, 5) is 14.4. The predicted molar refractivity (Wildman–Crippen MR) is 104 cm³/mol. The number of sulfonamides is 1. The second-order valence-electron chi connectivity index (χ2n) is 7.23. The Morgan fingerprint density at radius 1 is 1.11 bits per heavy atom. The average molecular weight is 402 g/mol. The molecule has 0 unspecified atom stereocenters. The Bertz CT molecular complexity index is 1030. The third-order valence-corrected chi connectivity index (χ3v) is 6.63. The number of nitrogens with one attached hydrogen (secondary N) is 1. The Kier molecular flexibility index (Phi) is 4.76. The molecule has 0 spiro atoms. The van der Waals surface area contributed by atoms with E-state index in [0.717, 1.165) is 11.3 Å². The minimum atomic E-state index is -3.62. The van der Waals surface area contributed by atoms with Crippen molar-refractivity contribution in [3.05, 3.63) is 47.5 Å². The Morgan fingerprint density at radius 2 is 1.89 bits per heavy atom. The highest BCUT2D eigenvalue weighted by atomic mass is 32.2. The molecule has 1 fully saturated rings. The highest BCUT2D eigenvalue weighted by molar-refractivity contribution is 7.89. The van der Waals surface area contributed by atoms with Crippen molar-refractivity contribution in [1.82, 2.24) is 4.72 Å². The van der Waals surface area contributed by atoms with E-state index < -0.39 is 10.0 Å². The molecular formula is C20H22N2O5S. The lowest BCUT2D eigenvalue weighted by molar-refractivity contribution is -0.117. The summed E-state index contributed by atoms with van der Waals surface area (Å²) in [7, 11) is -3.62. The fraction of sp³-hybridized carbons (Fsp3) is 0.350. The van der Waals surface area contributed by atoms with Gasteiger partial charge < -0.3 is 14.4 Å². The second-order valence-corrected chi connectivity index (χ2v) is 8.97. The van der Waals surface area contributed by atoms with Gasteiger partial charge in [-0.15, -0.1) is 0 Å². The lowest BCUT2D eigenvalue weighted by atomic mass is 10.1. The Hall–Kier alpha value is -2.58. The molecule has 7 nitrogen and oxygen atoms in total. The molecule has 0 bridgehead atoms. The molecule has 1 saturated heterocycles. The van der Waals surface area contributed by atoms with E-state index in [2.05, 4.69) is 4.72 Å². The van der Waals surface area contributed by atoms with Crippen molar-refractivity contribution in [2.45, 2.75) is 25.2 Å². The maximum Gasteiger partial charge on any atom is 0.240 e. The number of fused-ring (bicyclic) bond motifs is 1. The zero-order valence-corrected chi connectivity index (χ0v) is 16.6. The molecule has 0 radical (unpaired) electrons. The first kappa shape index (κ1) is 18.8. The third-order valence-electron chi connectivity index (χ3n) is 5.07. The second kappa shape index (κ2) is 7.10. The standard InChI is InChI=1S/C20H22N2O5S/c1-13-3-4-14(2)19(7-13)28(24,25)21-10-15-8-20(23)22(11-15)16-5-6-17-18(9-16)27-12-26-17/h3-7,9,15,21H,8,10-12H2,1-2H3/t15-/m0/s1. The van der Waals surface area contributed by atoms with Crippen LogP contribution in [0.25, 0.3) is 0 Å². The minimum Gasteiger partial charge on any atom is -0.454 e. The van der Waals surface area contributed by atoms with Crippen LogP contribution in [0.3, 0.4) is 0 Å². The molecule has 4 rings (SSSR count). The molecule has 2 heterocycles. The molecule has 8 heteroatoms. The number of hydrogen-bond acceptors (Lipinski definition) is 5. The summed E-state index contributed by atoms with van der Waals surface area (Å²) in [5.41, 5.74) is 2.31.